The molecule has 0 atom stereocenters. The number of furan rings is 1. The molecule has 40 heavy (non-hydrogen) atoms. The number of hydrogen-bond acceptors (Lipinski definition) is 4. The Bertz CT molecular complexity index is 1360. The van der Waals surface area contributed by atoms with Crippen LogP contribution in [0.15, 0.2) is 101 Å². The summed E-state index contributed by atoms with van der Waals surface area (Å²) in [4.78, 5) is 19.4. The van der Waals surface area contributed by atoms with Crippen molar-refractivity contribution in [3.63, 3.8) is 0 Å². The molecule has 4 aromatic rings. The van der Waals surface area contributed by atoms with E-state index >= 15 is 0 Å². The van der Waals surface area contributed by atoms with Crippen molar-refractivity contribution in [3.05, 3.63) is 131 Å². The fourth-order valence-corrected chi connectivity index (χ4v) is 4.97. The van der Waals surface area contributed by atoms with Gasteiger partial charge in [-0.1, -0.05) is 72.8 Å². The second-order valence-electron chi connectivity index (χ2n) is 10.1. The maximum atomic E-state index is 13.2. The van der Waals surface area contributed by atoms with Gasteiger partial charge in [-0.25, -0.2) is 0 Å². The molecular formula is C32H32F3N3O2. The molecule has 1 saturated heterocycles. The van der Waals surface area contributed by atoms with E-state index in [4.69, 9.17) is 4.42 Å². The molecule has 8 heteroatoms. The van der Waals surface area contributed by atoms with Crippen molar-refractivity contribution in [1.82, 2.24) is 14.7 Å². The summed E-state index contributed by atoms with van der Waals surface area (Å²) in [5.74, 6) is 0.817. The number of halogens is 3. The maximum Gasteiger partial charge on any atom is 0.416 e. The molecule has 1 amide bonds. The smallest absolute Gasteiger partial charge is 0.416 e. The van der Waals surface area contributed by atoms with Crippen molar-refractivity contribution in [2.75, 3.05) is 26.2 Å². The number of hydrogen-bond donors (Lipinski definition) is 0. The molecule has 1 aliphatic rings. The van der Waals surface area contributed by atoms with Crippen molar-refractivity contribution < 1.29 is 22.4 Å². The first kappa shape index (κ1) is 27.7. The standard InChI is InChI=1S/C32H32F3N3O2/c33-32(34,35)28-13-11-27(12-14-28)23-37(22-26-9-5-2-6-10-26)24-29-15-16-30(40-29)31(39)38-19-17-36(18-20-38)21-25-7-3-1-4-8-25/h1-16H,17-24H2. The van der Waals surface area contributed by atoms with Gasteiger partial charge in [0.05, 0.1) is 12.1 Å². The molecule has 2 heterocycles. The molecule has 5 nitrogen and oxygen atoms in total. The molecule has 3 aromatic carbocycles. The second kappa shape index (κ2) is 12.5. The van der Waals surface area contributed by atoms with Gasteiger partial charge in [-0.05, 0) is 41.0 Å². The third-order valence-electron chi connectivity index (χ3n) is 7.10. The van der Waals surface area contributed by atoms with E-state index in [2.05, 4.69) is 21.9 Å². The van der Waals surface area contributed by atoms with Gasteiger partial charge < -0.3 is 9.32 Å². The van der Waals surface area contributed by atoms with Crippen LogP contribution < -0.4 is 0 Å². The number of nitrogens with zero attached hydrogens (tertiary/aromatic N) is 3. The summed E-state index contributed by atoms with van der Waals surface area (Å²) < 4.78 is 45.0. The molecule has 1 aliphatic heterocycles. The van der Waals surface area contributed by atoms with Gasteiger partial charge in [0.15, 0.2) is 5.76 Å². The first-order valence-electron chi connectivity index (χ1n) is 13.4. The minimum absolute atomic E-state index is 0.122. The lowest BCUT2D eigenvalue weighted by Crippen LogP contribution is -2.48. The minimum atomic E-state index is -4.37. The Labute approximate surface area is 232 Å². The molecule has 0 N–H and O–H groups in total. The number of benzene rings is 3. The maximum absolute atomic E-state index is 13.2. The first-order chi connectivity index (χ1) is 19.3. The predicted molar refractivity (Wildman–Crippen MR) is 147 cm³/mol. The normalized spacial score (nSPS) is 14.6. The van der Waals surface area contributed by atoms with Crippen LogP contribution in [-0.2, 0) is 32.4 Å². The van der Waals surface area contributed by atoms with Gasteiger partial charge in [-0.2, -0.15) is 13.2 Å². The summed E-state index contributed by atoms with van der Waals surface area (Å²) in [6.45, 7) is 5.15. The fraction of sp³-hybridized carbons (Fsp3) is 0.281. The Morgan fingerprint density at radius 3 is 1.88 bits per heavy atom. The van der Waals surface area contributed by atoms with Gasteiger partial charge in [0.25, 0.3) is 5.91 Å². The van der Waals surface area contributed by atoms with Crippen molar-refractivity contribution in [3.8, 4) is 0 Å². The number of piperazine rings is 1. The average molecular weight is 548 g/mol. The average Bonchev–Trinajstić information content (AvgIpc) is 3.42. The second-order valence-corrected chi connectivity index (χ2v) is 10.1. The Morgan fingerprint density at radius 1 is 0.700 bits per heavy atom. The Hall–Kier alpha value is -3.88. The zero-order valence-corrected chi connectivity index (χ0v) is 22.2. The van der Waals surface area contributed by atoms with E-state index in [1.807, 2.05) is 59.5 Å². The molecule has 5 rings (SSSR count). The Morgan fingerprint density at radius 2 is 1.27 bits per heavy atom. The summed E-state index contributed by atoms with van der Waals surface area (Å²) in [6.07, 6.45) is -4.37. The number of carbonyl (C=O) groups is 1. The molecule has 0 unspecified atom stereocenters. The van der Waals surface area contributed by atoms with Crippen LogP contribution >= 0.6 is 0 Å². The Kier molecular flexibility index (Phi) is 8.67. The van der Waals surface area contributed by atoms with Crippen molar-refractivity contribution in [1.29, 1.82) is 0 Å². The minimum Gasteiger partial charge on any atom is -0.455 e. The van der Waals surface area contributed by atoms with Crippen molar-refractivity contribution >= 4 is 5.91 Å². The van der Waals surface area contributed by atoms with E-state index in [1.165, 1.54) is 17.7 Å². The van der Waals surface area contributed by atoms with E-state index in [9.17, 15) is 18.0 Å². The van der Waals surface area contributed by atoms with Crippen molar-refractivity contribution in [2.45, 2.75) is 32.4 Å². The van der Waals surface area contributed by atoms with Crippen LogP contribution in [0.3, 0.4) is 0 Å². The molecule has 0 saturated carbocycles. The summed E-state index contributed by atoms with van der Waals surface area (Å²) in [6, 6.07) is 28.9. The number of amides is 1. The monoisotopic (exact) mass is 547 g/mol. The van der Waals surface area contributed by atoms with Gasteiger partial charge in [0.2, 0.25) is 0 Å². The lowest BCUT2D eigenvalue weighted by atomic mass is 10.1. The van der Waals surface area contributed by atoms with Gasteiger partial charge in [-0.3, -0.25) is 14.6 Å². The van der Waals surface area contributed by atoms with E-state index in [1.54, 1.807) is 6.07 Å². The van der Waals surface area contributed by atoms with E-state index < -0.39 is 11.7 Å². The van der Waals surface area contributed by atoms with E-state index in [-0.39, 0.29) is 5.91 Å². The highest BCUT2D eigenvalue weighted by Gasteiger charge is 2.30. The highest BCUT2D eigenvalue weighted by molar-refractivity contribution is 5.91. The predicted octanol–water partition coefficient (Wildman–Crippen LogP) is 6.46. The molecular weight excluding hydrogens is 515 g/mol. The SMILES string of the molecule is O=C(c1ccc(CN(Cc2ccccc2)Cc2ccc(C(F)(F)F)cc2)o1)N1CCN(Cc2ccccc2)CC1. The lowest BCUT2D eigenvalue weighted by molar-refractivity contribution is -0.137. The molecule has 0 aliphatic carbocycles. The largest absolute Gasteiger partial charge is 0.455 e. The van der Waals surface area contributed by atoms with Crippen LogP contribution in [0.4, 0.5) is 13.2 Å². The zero-order chi connectivity index (χ0) is 28.0. The molecule has 1 aromatic heterocycles. The van der Waals surface area contributed by atoms with Crippen LogP contribution in [0, 0.1) is 0 Å². The fourth-order valence-electron chi connectivity index (χ4n) is 4.97. The van der Waals surface area contributed by atoms with E-state index in [0.717, 1.165) is 42.9 Å². The molecule has 0 spiro atoms. The quantitative estimate of drug-likeness (QED) is 0.241. The van der Waals surface area contributed by atoms with E-state index in [0.29, 0.717) is 44.2 Å². The summed E-state index contributed by atoms with van der Waals surface area (Å²) in [7, 11) is 0. The van der Waals surface area contributed by atoms with Gasteiger partial charge in [0.1, 0.15) is 5.76 Å². The highest BCUT2D eigenvalue weighted by Crippen LogP contribution is 2.29. The number of alkyl halides is 3. The third kappa shape index (κ3) is 7.40. The molecule has 0 bridgehead atoms. The topological polar surface area (TPSA) is 39.9 Å². The van der Waals surface area contributed by atoms with Crippen molar-refractivity contribution in [2.24, 2.45) is 0 Å². The van der Waals surface area contributed by atoms with Gasteiger partial charge in [0, 0.05) is 45.8 Å². The van der Waals surface area contributed by atoms with Crippen LogP contribution in [0.1, 0.15) is 38.6 Å². The summed E-state index contributed by atoms with van der Waals surface area (Å²) in [5.41, 5.74) is 2.43. The van der Waals surface area contributed by atoms with Crippen LogP contribution in [0.25, 0.3) is 0 Å². The van der Waals surface area contributed by atoms with Crippen LogP contribution in [-0.4, -0.2) is 46.8 Å². The summed E-state index contributed by atoms with van der Waals surface area (Å²) in [5, 5.41) is 0. The Balaban J connectivity index is 1.21. The first-order valence-corrected chi connectivity index (χ1v) is 13.4. The molecule has 1 fully saturated rings. The van der Waals surface area contributed by atoms with Gasteiger partial charge >= 0.3 is 6.18 Å². The number of carbonyl (C=O) groups excluding carboxylic acids is 1. The summed E-state index contributed by atoms with van der Waals surface area (Å²) >= 11 is 0. The molecule has 0 radical (unpaired) electrons. The lowest BCUT2D eigenvalue weighted by Gasteiger charge is -2.34. The van der Waals surface area contributed by atoms with Crippen LogP contribution in [0.2, 0.25) is 0 Å². The van der Waals surface area contributed by atoms with Gasteiger partial charge in [-0.15, -0.1) is 0 Å². The highest BCUT2D eigenvalue weighted by atomic mass is 19.4. The zero-order valence-electron chi connectivity index (χ0n) is 22.2. The number of rotatable bonds is 9. The van der Waals surface area contributed by atoms with Crippen LogP contribution in [0.5, 0.6) is 0 Å². The third-order valence-corrected chi connectivity index (χ3v) is 7.10. The molecule has 208 valence electrons.